The van der Waals surface area contributed by atoms with Gasteiger partial charge >= 0.3 is 5.97 Å². The number of hydrogen-bond acceptors (Lipinski definition) is 2. The van der Waals surface area contributed by atoms with E-state index in [4.69, 9.17) is 5.11 Å². The number of carbonyl (C=O) groups is 2. The Labute approximate surface area is 102 Å². The summed E-state index contributed by atoms with van der Waals surface area (Å²) in [5.41, 5.74) is 0.116. The predicted octanol–water partition coefficient (Wildman–Crippen LogP) is 2.31. The number of aliphatic carboxylic acids is 1. The Bertz CT molecular complexity index is 343. The lowest BCUT2D eigenvalue weighted by atomic mass is 9.97. The fraction of sp³-hybridized carbons (Fsp3) is 0.692. The molecule has 96 valence electrons. The molecule has 0 aromatic rings. The highest BCUT2D eigenvalue weighted by Gasteiger charge is 2.55. The summed E-state index contributed by atoms with van der Waals surface area (Å²) >= 11 is 0. The molecular weight excluding hydrogens is 218 g/mol. The van der Waals surface area contributed by atoms with Crippen LogP contribution in [0.2, 0.25) is 0 Å². The third-order valence-corrected chi connectivity index (χ3v) is 3.81. The monoisotopic (exact) mass is 239 g/mol. The van der Waals surface area contributed by atoms with E-state index in [0.29, 0.717) is 6.42 Å². The van der Waals surface area contributed by atoms with E-state index in [-0.39, 0.29) is 22.9 Å². The molecule has 0 bridgehead atoms. The molecule has 1 rings (SSSR count). The minimum atomic E-state index is -1.07. The van der Waals surface area contributed by atoms with Gasteiger partial charge in [0.05, 0.1) is 0 Å². The van der Waals surface area contributed by atoms with Crippen LogP contribution in [-0.2, 0) is 9.59 Å². The first-order chi connectivity index (χ1) is 8.00. The fourth-order valence-corrected chi connectivity index (χ4v) is 2.37. The molecule has 1 amide bonds. The van der Waals surface area contributed by atoms with Crippen LogP contribution >= 0.6 is 0 Å². The standard InChI is InChI=1S/C13H21NO3/c1-4-7-10(12(16)17)14-11(15)9-8-13(9,5-2)6-3/h7,9H,4-6,8H2,1-3H3,(H,14,15)(H,16,17). The van der Waals surface area contributed by atoms with Crippen LogP contribution in [0, 0.1) is 11.3 Å². The highest BCUT2D eigenvalue weighted by atomic mass is 16.4. The van der Waals surface area contributed by atoms with Gasteiger partial charge in [-0.3, -0.25) is 4.79 Å². The lowest BCUT2D eigenvalue weighted by molar-refractivity contribution is -0.135. The van der Waals surface area contributed by atoms with Crippen molar-refractivity contribution in [3.05, 3.63) is 11.8 Å². The molecule has 1 unspecified atom stereocenters. The van der Waals surface area contributed by atoms with Gasteiger partial charge in [0, 0.05) is 5.92 Å². The average molecular weight is 239 g/mol. The molecule has 2 N–H and O–H groups in total. The van der Waals surface area contributed by atoms with E-state index in [1.165, 1.54) is 6.08 Å². The fourth-order valence-electron chi connectivity index (χ4n) is 2.37. The van der Waals surface area contributed by atoms with Crippen molar-refractivity contribution in [2.75, 3.05) is 0 Å². The first-order valence-corrected chi connectivity index (χ1v) is 6.25. The number of hydrogen-bond donors (Lipinski definition) is 2. The van der Waals surface area contributed by atoms with Crippen LogP contribution in [0.1, 0.15) is 46.5 Å². The summed E-state index contributed by atoms with van der Waals surface area (Å²) in [6.07, 6.45) is 4.95. The van der Waals surface area contributed by atoms with Crippen molar-refractivity contribution < 1.29 is 14.7 Å². The maximum Gasteiger partial charge on any atom is 0.352 e. The van der Waals surface area contributed by atoms with Crippen molar-refractivity contribution in [2.45, 2.75) is 46.5 Å². The molecule has 17 heavy (non-hydrogen) atoms. The lowest BCUT2D eigenvalue weighted by Gasteiger charge is -2.12. The van der Waals surface area contributed by atoms with Gasteiger partial charge in [-0.2, -0.15) is 0 Å². The second kappa shape index (κ2) is 5.34. The van der Waals surface area contributed by atoms with E-state index in [0.717, 1.165) is 19.3 Å². The molecular formula is C13H21NO3. The quantitative estimate of drug-likeness (QED) is 0.699. The Balaban J connectivity index is 2.62. The Morgan fingerprint density at radius 3 is 2.29 bits per heavy atom. The van der Waals surface area contributed by atoms with Gasteiger partial charge in [-0.1, -0.05) is 26.8 Å². The van der Waals surface area contributed by atoms with E-state index in [9.17, 15) is 9.59 Å². The van der Waals surface area contributed by atoms with Crippen LogP contribution < -0.4 is 5.32 Å². The van der Waals surface area contributed by atoms with Gasteiger partial charge < -0.3 is 10.4 Å². The van der Waals surface area contributed by atoms with Gasteiger partial charge in [0.1, 0.15) is 5.70 Å². The van der Waals surface area contributed by atoms with E-state index < -0.39 is 5.97 Å². The molecule has 0 radical (unpaired) electrons. The topological polar surface area (TPSA) is 66.4 Å². The Kier molecular flexibility index (Phi) is 4.32. The van der Waals surface area contributed by atoms with Crippen molar-refractivity contribution in [3.8, 4) is 0 Å². The normalized spacial score (nSPS) is 22.1. The van der Waals surface area contributed by atoms with Crippen molar-refractivity contribution in [1.82, 2.24) is 5.32 Å². The van der Waals surface area contributed by atoms with Gasteiger partial charge in [-0.25, -0.2) is 4.79 Å². The van der Waals surface area contributed by atoms with Gasteiger partial charge in [-0.05, 0) is 31.1 Å². The average Bonchev–Trinajstić information content (AvgIpc) is 3.03. The summed E-state index contributed by atoms with van der Waals surface area (Å²) in [5.74, 6) is -1.23. The van der Waals surface area contributed by atoms with Gasteiger partial charge in [0.25, 0.3) is 0 Å². The number of carbonyl (C=O) groups excluding carboxylic acids is 1. The third kappa shape index (κ3) is 2.87. The predicted molar refractivity (Wildman–Crippen MR) is 65.3 cm³/mol. The maximum absolute atomic E-state index is 11.9. The molecule has 0 aromatic heterocycles. The van der Waals surface area contributed by atoms with E-state index in [1.807, 2.05) is 6.92 Å². The lowest BCUT2D eigenvalue weighted by Crippen LogP contribution is -2.30. The first kappa shape index (κ1) is 13.7. The molecule has 4 heteroatoms. The Morgan fingerprint density at radius 1 is 1.35 bits per heavy atom. The number of carboxylic acid groups (broad SMARTS) is 1. The van der Waals surface area contributed by atoms with Crippen LogP contribution in [0.15, 0.2) is 11.8 Å². The molecule has 0 aliphatic heterocycles. The number of amides is 1. The number of allylic oxidation sites excluding steroid dienone is 1. The van der Waals surface area contributed by atoms with E-state index in [1.54, 1.807) is 0 Å². The van der Waals surface area contributed by atoms with Crippen LogP contribution in [0.3, 0.4) is 0 Å². The summed E-state index contributed by atoms with van der Waals surface area (Å²) in [6.45, 7) is 6.00. The maximum atomic E-state index is 11.9. The van der Waals surface area contributed by atoms with Crippen LogP contribution in [-0.4, -0.2) is 17.0 Å². The smallest absolute Gasteiger partial charge is 0.352 e. The minimum absolute atomic E-state index is 0.00510. The number of rotatable bonds is 6. The molecule has 0 heterocycles. The molecule has 0 spiro atoms. The molecule has 4 nitrogen and oxygen atoms in total. The molecule has 0 aromatic carbocycles. The van der Waals surface area contributed by atoms with Crippen LogP contribution in [0.5, 0.6) is 0 Å². The van der Waals surface area contributed by atoms with Crippen molar-refractivity contribution in [2.24, 2.45) is 11.3 Å². The summed E-state index contributed by atoms with van der Waals surface area (Å²) in [6, 6.07) is 0. The van der Waals surface area contributed by atoms with Crippen molar-refractivity contribution >= 4 is 11.9 Å². The SMILES string of the molecule is CCC=C(NC(=O)C1CC1(CC)CC)C(=O)O. The van der Waals surface area contributed by atoms with E-state index in [2.05, 4.69) is 19.2 Å². The first-order valence-electron chi connectivity index (χ1n) is 6.25. The molecule has 1 atom stereocenters. The van der Waals surface area contributed by atoms with Crippen molar-refractivity contribution in [1.29, 1.82) is 0 Å². The zero-order valence-corrected chi connectivity index (χ0v) is 10.7. The zero-order chi connectivity index (χ0) is 13.1. The van der Waals surface area contributed by atoms with Gasteiger partial charge in [0.15, 0.2) is 0 Å². The summed E-state index contributed by atoms with van der Waals surface area (Å²) < 4.78 is 0. The Morgan fingerprint density at radius 2 is 1.94 bits per heavy atom. The molecule has 1 aliphatic carbocycles. The van der Waals surface area contributed by atoms with Gasteiger partial charge in [0.2, 0.25) is 5.91 Å². The second-order valence-corrected chi connectivity index (χ2v) is 4.65. The van der Waals surface area contributed by atoms with Gasteiger partial charge in [-0.15, -0.1) is 0 Å². The molecule has 1 aliphatic rings. The zero-order valence-electron chi connectivity index (χ0n) is 10.7. The molecule has 0 saturated heterocycles. The summed E-state index contributed by atoms with van der Waals surface area (Å²) in [7, 11) is 0. The largest absolute Gasteiger partial charge is 0.477 e. The highest BCUT2D eigenvalue weighted by molar-refractivity contribution is 5.94. The van der Waals surface area contributed by atoms with Crippen LogP contribution in [0.25, 0.3) is 0 Å². The minimum Gasteiger partial charge on any atom is -0.477 e. The number of nitrogens with one attached hydrogen (secondary N) is 1. The van der Waals surface area contributed by atoms with Crippen LogP contribution in [0.4, 0.5) is 0 Å². The second-order valence-electron chi connectivity index (χ2n) is 4.65. The van der Waals surface area contributed by atoms with E-state index >= 15 is 0 Å². The van der Waals surface area contributed by atoms with Crippen molar-refractivity contribution in [3.63, 3.8) is 0 Å². The molecule has 1 fully saturated rings. The molecule has 1 saturated carbocycles. The highest BCUT2D eigenvalue weighted by Crippen LogP contribution is 2.57. The number of carboxylic acids is 1. The Hall–Kier alpha value is -1.32. The summed E-state index contributed by atoms with van der Waals surface area (Å²) in [5, 5.41) is 11.4. The summed E-state index contributed by atoms with van der Waals surface area (Å²) in [4.78, 5) is 22.8. The third-order valence-electron chi connectivity index (χ3n) is 3.81.